The number of hydrogen-bond donors (Lipinski definition) is 1. The standard InChI is InChI=1S/C17H26O3/c1-2-3-4-5-6-10-13-16(18)17(19)20-14-15-11-8-7-9-12-15/h7-9,11-12,16,18H,2-6,10,13-14H2,1H3. The van der Waals surface area contributed by atoms with Gasteiger partial charge < -0.3 is 9.84 Å². The number of aliphatic hydroxyl groups is 1. The number of hydrogen-bond acceptors (Lipinski definition) is 3. The maximum absolute atomic E-state index is 11.6. The van der Waals surface area contributed by atoms with Gasteiger partial charge in [0.15, 0.2) is 6.10 Å². The van der Waals surface area contributed by atoms with Crippen molar-refractivity contribution in [3.63, 3.8) is 0 Å². The summed E-state index contributed by atoms with van der Waals surface area (Å²) in [4.78, 5) is 11.6. The number of ether oxygens (including phenoxy) is 1. The predicted octanol–water partition coefficient (Wildman–Crippen LogP) is 3.84. The lowest BCUT2D eigenvalue weighted by atomic mass is 10.1. The van der Waals surface area contributed by atoms with E-state index in [1.165, 1.54) is 25.7 Å². The van der Waals surface area contributed by atoms with Crippen LogP contribution in [0.4, 0.5) is 0 Å². The molecule has 0 aliphatic carbocycles. The normalized spacial score (nSPS) is 12.1. The topological polar surface area (TPSA) is 46.5 Å². The number of esters is 1. The van der Waals surface area contributed by atoms with Crippen molar-refractivity contribution in [2.75, 3.05) is 0 Å². The van der Waals surface area contributed by atoms with Crippen LogP contribution in [0, 0.1) is 0 Å². The summed E-state index contributed by atoms with van der Waals surface area (Å²) in [5.41, 5.74) is 0.938. The Hall–Kier alpha value is -1.35. The van der Waals surface area contributed by atoms with Gasteiger partial charge in [0.1, 0.15) is 6.61 Å². The molecule has 1 aromatic rings. The van der Waals surface area contributed by atoms with E-state index in [2.05, 4.69) is 6.92 Å². The molecule has 0 saturated heterocycles. The van der Waals surface area contributed by atoms with Crippen LogP contribution < -0.4 is 0 Å². The average molecular weight is 278 g/mol. The zero-order chi connectivity index (χ0) is 14.6. The second-order valence-electron chi connectivity index (χ2n) is 5.17. The van der Waals surface area contributed by atoms with Crippen molar-refractivity contribution in [1.82, 2.24) is 0 Å². The van der Waals surface area contributed by atoms with E-state index in [0.29, 0.717) is 6.42 Å². The zero-order valence-corrected chi connectivity index (χ0v) is 12.4. The molecule has 20 heavy (non-hydrogen) atoms. The Bertz CT molecular complexity index is 362. The molecule has 0 saturated carbocycles. The highest BCUT2D eigenvalue weighted by atomic mass is 16.5. The van der Waals surface area contributed by atoms with Crippen LogP contribution in [0.1, 0.15) is 57.4 Å². The first-order valence-corrected chi connectivity index (χ1v) is 7.62. The Morgan fingerprint density at radius 2 is 1.75 bits per heavy atom. The van der Waals surface area contributed by atoms with E-state index in [1.807, 2.05) is 30.3 Å². The maximum atomic E-state index is 11.6. The van der Waals surface area contributed by atoms with Crippen molar-refractivity contribution in [3.8, 4) is 0 Å². The molecule has 0 amide bonds. The molecule has 1 aromatic carbocycles. The molecule has 0 aliphatic rings. The molecule has 1 N–H and O–H groups in total. The van der Waals surface area contributed by atoms with Gasteiger partial charge in [-0.3, -0.25) is 0 Å². The van der Waals surface area contributed by atoms with Gasteiger partial charge in [0, 0.05) is 0 Å². The number of aliphatic hydroxyl groups excluding tert-OH is 1. The second-order valence-corrected chi connectivity index (χ2v) is 5.17. The van der Waals surface area contributed by atoms with Crippen molar-refractivity contribution in [2.24, 2.45) is 0 Å². The summed E-state index contributed by atoms with van der Waals surface area (Å²) in [7, 11) is 0. The highest BCUT2D eigenvalue weighted by Gasteiger charge is 2.15. The van der Waals surface area contributed by atoms with Crippen LogP contribution in [0.25, 0.3) is 0 Å². The van der Waals surface area contributed by atoms with Gasteiger partial charge in [-0.2, -0.15) is 0 Å². The van der Waals surface area contributed by atoms with E-state index in [4.69, 9.17) is 4.74 Å². The molecule has 0 aromatic heterocycles. The summed E-state index contributed by atoms with van der Waals surface area (Å²) >= 11 is 0. The van der Waals surface area contributed by atoms with Crippen LogP contribution in [0.2, 0.25) is 0 Å². The third-order valence-electron chi connectivity index (χ3n) is 3.33. The first-order chi connectivity index (χ1) is 9.74. The van der Waals surface area contributed by atoms with Gasteiger partial charge in [0.05, 0.1) is 0 Å². The van der Waals surface area contributed by atoms with Crippen molar-refractivity contribution >= 4 is 5.97 Å². The van der Waals surface area contributed by atoms with Crippen molar-refractivity contribution in [3.05, 3.63) is 35.9 Å². The van der Waals surface area contributed by atoms with Gasteiger partial charge in [-0.15, -0.1) is 0 Å². The van der Waals surface area contributed by atoms with Crippen molar-refractivity contribution in [1.29, 1.82) is 0 Å². The Balaban J connectivity index is 2.10. The first-order valence-electron chi connectivity index (χ1n) is 7.62. The third kappa shape index (κ3) is 7.29. The van der Waals surface area contributed by atoms with E-state index >= 15 is 0 Å². The molecule has 0 fully saturated rings. The lowest BCUT2D eigenvalue weighted by Crippen LogP contribution is -2.22. The highest BCUT2D eigenvalue weighted by molar-refractivity contribution is 5.74. The minimum absolute atomic E-state index is 0.229. The summed E-state index contributed by atoms with van der Waals surface area (Å²) in [6, 6.07) is 9.51. The largest absolute Gasteiger partial charge is 0.459 e. The quantitative estimate of drug-likeness (QED) is 0.522. The molecule has 1 unspecified atom stereocenters. The molecule has 1 rings (SSSR count). The number of rotatable bonds is 10. The number of carbonyl (C=O) groups excluding carboxylic acids is 1. The Labute approximate surface area is 122 Å². The van der Waals surface area contributed by atoms with E-state index in [1.54, 1.807) is 0 Å². The molecular formula is C17H26O3. The molecule has 0 spiro atoms. The number of unbranched alkanes of at least 4 members (excludes halogenated alkanes) is 5. The molecule has 0 bridgehead atoms. The summed E-state index contributed by atoms with van der Waals surface area (Å²) in [6.45, 7) is 2.42. The van der Waals surface area contributed by atoms with Crippen molar-refractivity contribution in [2.45, 2.75) is 64.6 Å². The average Bonchev–Trinajstić information content (AvgIpc) is 2.49. The van der Waals surface area contributed by atoms with E-state index in [0.717, 1.165) is 18.4 Å². The van der Waals surface area contributed by atoms with Crippen molar-refractivity contribution < 1.29 is 14.6 Å². The number of benzene rings is 1. The smallest absolute Gasteiger partial charge is 0.335 e. The van der Waals surface area contributed by atoms with E-state index < -0.39 is 12.1 Å². The van der Waals surface area contributed by atoms with Gasteiger partial charge in [0.2, 0.25) is 0 Å². The van der Waals surface area contributed by atoms with Crippen LogP contribution in [0.3, 0.4) is 0 Å². The second kappa shape index (κ2) is 10.4. The molecular weight excluding hydrogens is 252 g/mol. The maximum Gasteiger partial charge on any atom is 0.335 e. The molecule has 3 nitrogen and oxygen atoms in total. The molecule has 0 heterocycles. The van der Waals surface area contributed by atoms with Gasteiger partial charge in [0.25, 0.3) is 0 Å². The molecule has 0 radical (unpaired) electrons. The summed E-state index contributed by atoms with van der Waals surface area (Å²) in [6.07, 6.45) is 6.39. The van der Waals surface area contributed by atoms with Gasteiger partial charge in [-0.1, -0.05) is 75.8 Å². The summed E-state index contributed by atoms with van der Waals surface area (Å²) in [5, 5.41) is 9.72. The van der Waals surface area contributed by atoms with Gasteiger partial charge in [-0.05, 0) is 12.0 Å². The fourth-order valence-electron chi connectivity index (χ4n) is 2.06. The van der Waals surface area contributed by atoms with Crippen LogP contribution >= 0.6 is 0 Å². The minimum atomic E-state index is -0.982. The zero-order valence-electron chi connectivity index (χ0n) is 12.4. The van der Waals surface area contributed by atoms with E-state index in [-0.39, 0.29) is 6.61 Å². The van der Waals surface area contributed by atoms with Gasteiger partial charge in [-0.25, -0.2) is 4.79 Å². The molecule has 3 heteroatoms. The third-order valence-corrected chi connectivity index (χ3v) is 3.33. The Kier molecular flexibility index (Phi) is 8.72. The predicted molar refractivity (Wildman–Crippen MR) is 80.2 cm³/mol. The van der Waals surface area contributed by atoms with E-state index in [9.17, 15) is 9.90 Å². The Morgan fingerprint density at radius 3 is 2.45 bits per heavy atom. The lowest BCUT2D eigenvalue weighted by Gasteiger charge is -2.10. The fourth-order valence-corrected chi connectivity index (χ4v) is 2.06. The van der Waals surface area contributed by atoms with Gasteiger partial charge >= 0.3 is 5.97 Å². The minimum Gasteiger partial charge on any atom is -0.459 e. The van der Waals surface area contributed by atoms with Crippen LogP contribution in [-0.2, 0) is 16.1 Å². The SMILES string of the molecule is CCCCCCCCC(O)C(=O)OCc1ccccc1. The lowest BCUT2D eigenvalue weighted by molar-refractivity contribution is -0.155. The highest BCUT2D eigenvalue weighted by Crippen LogP contribution is 2.10. The summed E-state index contributed by atoms with van der Waals surface area (Å²) < 4.78 is 5.10. The summed E-state index contributed by atoms with van der Waals surface area (Å²) in [5.74, 6) is -0.512. The monoisotopic (exact) mass is 278 g/mol. The molecule has 1 atom stereocenters. The first kappa shape index (κ1) is 16.7. The van der Waals surface area contributed by atoms with Crippen LogP contribution in [0.15, 0.2) is 30.3 Å². The van der Waals surface area contributed by atoms with Crippen LogP contribution in [-0.4, -0.2) is 17.2 Å². The number of carbonyl (C=O) groups is 1. The van der Waals surface area contributed by atoms with Crippen LogP contribution in [0.5, 0.6) is 0 Å². The fraction of sp³-hybridized carbons (Fsp3) is 0.588. The molecule has 112 valence electrons. The Morgan fingerprint density at radius 1 is 1.10 bits per heavy atom. The molecule has 0 aliphatic heterocycles.